The minimum Gasteiger partial charge on any atom is -0.355 e. The zero-order valence-electron chi connectivity index (χ0n) is 20.1. The molecule has 1 spiro atoms. The Hall–Kier alpha value is -3.81. The Morgan fingerprint density at radius 2 is 1.91 bits per heavy atom. The predicted octanol–water partition coefficient (Wildman–Crippen LogP) is 4.39. The number of anilines is 2. The molecular formula is C27H31N7O. The Morgan fingerprint density at radius 3 is 2.71 bits per heavy atom. The molecule has 180 valence electrons. The van der Waals surface area contributed by atoms with Crippen LogP contribution in [-0.4, -0.2) is 52.8 Å². The van der Waals surface area contributed by atoms with Crippen molar-refractivity contribution >= 4 is 40.9 Å². The number of carbonyl (C=O) groups excluding carboxylic acids is 1. The van der Waals surface area contributed by atoms with Crippen LogP contribution in [0.25, 0.3) is 11.0 Å². The van der Waals surface area contributed by atoms with E-state index < -0.39 is 0 Å². The van der Waals surface area contributed by atoms with Gasteiger partial charge >= 0.3 is 0 Å². The Balaban J connectivity index is 1.29. The predicted molar refractivity (Wildman–Crippen MR) is 140 cm³/mol. The summed E-state index contributed by atoms with van der Waals surface area (Å²) >= 11 is 0. The van der Waals surface area contributed by atoms with Gasteiger partial charge in [-0.25, -0.2) is 4.98 Å². The van der Waals surface area contributed by atoms with Crippen molar-refractivity contribution in [2.45, 2.75) is 39.2 Å². The average molecular weight is 470 g/mol. The van der Waals surface area contributed by atoms with Crippen LogP contribution in [0.15, 0.2) is 53.8 Å². The van der Waals surface area contributed by atoms with Crippen LogP contribution in [0.2, 0.25) is 0 Å². The minimum absolute atomic E-state index is 0.267. The highest BCUT2D eigenvalue weighted by molar-refractivity contribution is 6.14. The zero-order chi connectivity index (χ0) is 24.3. The van der Waals surface area contributed by atoms with Crippen molar-refractivity contribution < 1.29 is 4.79 Å². The Bertz CT molecular complexity index is 1260. The number of amides is 1. The van der Waals surface area contributed by atoms with Crippen LogP contribution in [0.1, 0.15) is 36.8 Å². The lowest BCUT2D eigenvalue weighted by Gasteiger charge is -2.46. The molecule has 2 saturated heterocycles. The molecule has 2 aromatic carbocycles. The molecule has 8 nitrogen and oxygen atoms in total. The third-order valence-electron chi connectivity index (χ3n) is 7.26. The van der Waals surface area contributed by atoms with Gasteiger partial charge in [-0.2, -0.15) is 5.10 Å². The van der Waals surface area contributed by atoms with E-state index in [1.54, 1.807) is 0 Å². The lowest BCUT2D eigenvalue weighted by Crippen LogP contribution is -2.53. The lowest BCUT2D eigenvalue weighted by atomic mass is 9.71. The molecule has 3 heterocycles. The molecule has 1 amide bonds. The first kappa shape index (κ1) is 23.0. The molecule has 0 bridgehead atoms. The number of likely N-dealkylation sites (tertiary alicyclic amines) is 1. The molecule has 1 aromatic heterocycles. The first-order valence-corrected chi connectivity index (χ1v) is 12.2. The number of rotatable bonds is 6. The average Bonchev–Trinajstić information content (AvgIpc) is 2.88. The van der Waals surface area contributed by atoms with Crippen LogP contribution in [0, 0.1) is 17.7 Å². The van der Waals surface area contributed by atoms with Gasteiger partial charge in [-0.3, -0.25) is 15.2 Å². The molecule has 2 aliphatic heterocycles. The second-order valence-electron chi connectivity index (χ2n) is 9.53. The van der Waals surface area contributed by atoms with Gasteiger partial charge in [-0.1, -0.05) is 29.8 Å². The number of benzene rings is 2. The van der Waals surface area contributed by atoms with Crippen LogP contribution >= 0.6 is 0 Å². The van der Waals surface area contributed by atoms with E-state index in [1.165, 1.54) is 6.21 Å². The van der Waals surface area contributed by atoms with Gasteiger partial charge in [-0.05, 0) is 56.4 Å². The molecule has 5 rings (SSSR count). The molecule has 3 aromatic rings. The summed E-state index contributed by atoms with van der Waals surface area (Å²) in [5, 5.41) is 11.2. The van der Waals surface area contributed by atoms with E-state index in [0.717, 1.165) is 85.2 Å². The SMILES string of the molecule is Cc1ccc(N/N=C\C=N)c(CN2CCCC3(CCN(c4cnc5ccccc5n4)CC3)C2=O)c1. The monoisotopic (exact) mass is 469 g/mol. The largest absolute Gasteiger partial charge is 0.355 e. The van der Waals surface area contributed by atoms with Gasteiger partial charge in [0.05, 0.1) is 34.5 Å². The number of aromatic nitrogens is 2. The highest BCUT2D eigenvalue weighted by atomic mass is 16.2. The van der Waals surface area contributed by atoms with E-state index in [4.69, 9.17) is 10.4 Å². The summed E-state index contributed by atoms with van der Waals surface area (Å²) < 4.78 is 0. The topological polar surface area (TPSA) is 97.6 Å². The van der Waals surface area contributed by atoms with Gasteiger partial charge in [0.15, 0.2) is 0 Å². The van der Waals surface area contributed by atoms with E-state index in [9.17, 15) is 4.79 Å². The summed E-state index contributed by atoms with van der Waals surface area (Å²) in [6.45, 7) is 5.01. The number of para-hydroxylation sites is 2. The van der Waals surface area contributed by atoms with Crippen molar-refractivity contribution in [3.63, 3.8) is 0 Å². The second kappa shape index (κ2) is 9.82. The highest BCUT2D eigenvalue weighted by Gasteiger charge is 2.45. The van der Waals surface area contributed by atoms with Crippen molar-refractivity contribution in [1.82, 2.24) is 14.9 Å². The van der Waals surface area contributed by atoms with Gasteiger partial charge in [0, 0.05) is 32.4 Å². The Morgan fingerprint density at radius 1 is 1.11 bits per heavy atom. The van der Waals surface area contributed by atoms with Crippen molar-refractivity contribution in [3.05, 3.63) is 59.8 Å². The first-order chi connectivity index (χ1) is 17.1. The fraction of sp³-hybridized carbons (Fsp3) is 0.370. The number of fused-ring (bicyclic) bond motifs is 1. The normalized spacial score (nSPS) is 17.9. The van der Waals surface area contributed by atoms with Gasteiger partial charge in [0.25, 0.3) is 0 Å². The first-order valence-electron chi connectivity index (χ1n) is 12.2. The van der Waals surface area contributed by atoms with Crippen molar-refractivity contribution in [3.8, 4) is 0 Å². The van der Waals surface area contributed by atoms with E-state index in [0.29, 0.717) is 6.54 Å². The standard InChI is InChI=1S/C27H31N7O/c1-20-7-8-22(32-30-13-12-28)21(17-20)19-34-14-4-9-27(26(34)35)10-15-33(16-11-27)25-18-29-23-5-2-3-6-24(23)31-25/h2-3,5-8,12-13,17-18,28,32H,4,9-11,14-16,19H2,1H3/b28-12?,30-13-. The number of hydrogen-bond acceptors (Lipinski definition) is 7. The molecule has 0 aliphatic carbocycles. The summed E-state index contributed by atoms with van der Waals surface area (Å²) in [6.07, 6.45) is 8.01. The molecule has 2 N–H and O–H groups in total. The summed E-state index contributed by atoms with van der Waals surface area (Å²) in [7, 11) is 0. The minimum atomic E-state index is -0.297. The number of carbonyl (C=O) groups is 1. The number of nitrogens with zero attached hydrogens (tertiary/aromatic N) is 5. The second-order valence-corrected chi connectivity index (χ2v) is 9.53. The maximum Gasteiger partial charge on any atom is 0.229 e. The van der Waals surface area contributed by atoms with Gasteiger partial charge in [0.2, 0.25) is 5.91 Å². The third-order valence-corrected chi connectivity index (χ3v) is 7.26. The third kappa shape index (κ3) is 4.73. The Labute approximate surface area is 205 Å². The fourth-order valence-electron chi connectivity index (χ4n) is 5.34. The number of piperidine rings is 2. The molecule has 0 unspecified atom stereocenters. The summed E-state index contributed by atoms with van der Waals surface area (Å²) in [6, 6.07) is 14.0. The number of aryl methyl sites for hydroxylation is 1. The Kier molecular flexibility index (Phi) is 6.44. The number of nitrogens with one attached hydrogen (secondary N) is 2. The lowest BCUT2D eigenvalue weighted by molar-refractivity contribution is -0.148. The number of hydrazone groups is 1. The van der Waals surface area contributed by atoms with Crippen LogP contribution in [-0.2, 0) is 11.3 Å². The zero-order valence-corrected chi connectivity index (χ0v) is 20.1. The molecule has 0 radical (unpaired) electrons. The van der Waals surface area contributed by atoms with Crippen LogP contribution in [0.3, 0.4) is 0 Å². The van der Waals surface area contributed by atoms with E-state index >= 15 is 0 Å². The molecule has 2 fully saturated rings. The van der Waals surface area contributed by atoms with E-state index in [-0.39, 0.29) is 11.3 Å². The van der Waals surface area contributed by atoms with Gasteiger partial charge < -0.3 is 15.2 Å². The van der Waals surface area contributed by atoms with Crippen molar-refractivity contribution in [2.24, 2.45) is 10.5 Å². The summed E-state index contributed by atoms with van der Waals surface area (Å²) in [5.74, 6) is 1.16. The van der Waals surface area contributed by atoms with Crippen LogP contribution < -0.4 is 10.3 Å². The molecule has 35 heavy (non-hydrogen) atoms. The van der Waals surface area contributed by atoms with E-state index in [1.807, 2.05) is 47.5 Å². The van der Waals surface area contributed by atoms with Gasteiger partial charge in [0.1, 0.15) is 5.82 Å². The smallest absolute Gasteiger partial charge is 0.229 e. The molecule has 2 aliphatic rings. The maximum atomic E-state index is 13.8. The molecule has 0 atom stereocenters. The van der Waals surface area contributed by atoms with Crippen LogP contribution in [0.4, 0.5) is 11.5 Å². The molecule has 0 saturated carbocycles. The maximum absolute atomic E-state index is 13.8. The highest BCUT2D eigenvalue weighted by Crippen LogP contribution is 2.42. The van der Waals surface area contributed by atoms with E-state index in [2.05, 4.69) is 33.4 Å². The number of hydrogen-bond donors (Lipinski definition) is 2. The summed E-state index contributed by atoms with van der Waals surface area (Å²) in [5.41, 5.74) is 7.57. The molecule has 8 heteroatoms. The quantitative estimate of drug-likeness (QED) is 0.412. The van der Waals surface area contributed by atoms with Crippen molar-refractivity contribution in [2.75, 3.05) is 30.0 Å². The van der Waals surface area contributed by atoms with Crippen molar-refractivity contribution in [1.29, 1.82) is 5.41 Å². The van der Waals surface area contributed by atoms with Crippen LogP contribution in [0.5, 0.6) is 0 Å². The summed E-state index contributed by atoms with van der Waals surface area (Å²) in [4.78, 5) is 27.4. The van der Waals surface area contributed by atoms with Gasteiger partial charge in [-0.15, -0.1) is 0 Å². The fourth-order valence-corrected chi connectivity index (χ4v) is 5.34. The molecular weight excluding hydrogens is 438 g/mol.